The molecule has 0 fully saturated rings. The molecule has 0 aliphatic carbocycles. The fourth-order valence-corrected chi connectivity index (χ4v) is 3.63. The Bertz CT molecular complexity index is 1060. The highest BCUT2D eigenvalue weighted by Crippen LogP contribution is 2.25. The van der Waals surface area contributed by atoms with Crippen LogP contribution in [0, 0.1) is 0 Å². The number of amides is 1. The van der Waals surface area contributed by atoms with Gasteiger partial charge < -0.3 is 10.6 Å². The van der Waals surface area contributed by atoms with Crippen LogP contribution in [0.4, 0.5) is 5.82 Å². The first-order valence-electron chi connectivity index (χ1n) is 10.2. The first-order chi connectivity index (χ1) is 14.6. The molecule has 0 saturated heterocycles. The largest absolute Gasteiger partial charge is 0.383 e. The van der Waals surface area contributed by atoms with Gasteiger partial charge >= 0.3 is 0 Å². The number of hydrogen-bond acceptors (Lipinski definition) is 3. The molecule has 1 aromatic heterocycles. The molecule has 2 aromatic carbocycles. The zero-order valence-corrected chi connectivity index (χ0v) is 19.5. The monoisotopic (exact) mass is 455 g/mol. The van der Waals surface area contributed by atoms with Crippen LogP contribution in [-0.2, 0) is 18.4 Å². The molecule has 0 atom stereocenters. The molecule has 3 rings (SSSR count). The number of anilines is 1. The Morgan fingerprint density at radius 1 is 1.00 bits per heavy atom. The summed E-state index contributed by atoms with van der Waals surface area (Å²) in [7, 11) is 0. The van der Waals surface area contributed by atoms with Gasteiger partial charge in [0.1, 0.15) is 5.82 Å². The number of halogens is 2. The molecule has 1 heterocycles. The summed E-state index contributed by atoms with van der Waals surface area (Å²) in [4.78, 5) is 19.2. The molecule has 162 valence electrons. The van der Waals surface area contributed by atoms with Crippen molar-refractivity contribution in [2.45, 2.75) is 39.2 Å². The molecule has 3 aromatic rings. The van der Waals surface area contributed by atoms with Gasteiger partial charge in [0.05, 0.1) is 15.6 Å². The van der Waals surface area contributed by atoms with Gasteiger partial charge in [0, 0.05) is 19.3 Å². The highest BCUT2D eigenvalue weighted by molar-refractivity contribution is 6.42. The SMILES string of the molecule is CC(C)(C)c1ccc(CN(CCc2ccc(Cl)c(Cl)c2)C(=O)c2cccnc2N)cc1. The van der Waals surface area contributed by atoms with Gasteiger partial charge in [-0.3, -0.25) is 4.79 Å². The van der Waals surface area contributed by atoms with Gasteiger partial charge in [0.25, 0.3) is 5.91 Å². The second kappa shape index (κ2) is 9.71. The minimum atomic E-state index is -0.148. The summed E-state index contributed by atoms with van der Waals surface area (Å²) in [6, 6.07) is 17.4. The van der Waals surface area contributed by atoms with E-state index in [1.165, 1.54) is 5.56 Å². The van der Waals surface area contributed by atoms with E-state index in [1.54, 1.807) is 29.3 Å². The van der Waals surface area contributed by atoms with Crippen molar-refractivity contribution in [3.05, 3.63) is 93.1 Å². The van der Waals surface area contributed by atoms with Gasteiger partial charge in [-0.1, -0.05) is 74.3 Å². The molecule has 0 spiro atoms. The van der Waals surface area contributed by atoms with Crippen LogP contribution in [0.3, 0.4) is 0 Å². The maximum atomic E-state index is 13.3. The van der Waals surface area contributed by atoms with E-state index in [0.29, 0.717) is 35.1 Å². The fourth-order valence-electron chi connectivity index (χ4n) is 3.31. The molecule has 4 nitrogen and oxygen atoms in total. The van der Waals surface area contributed by atoms with Crippen LogP contribution in [0.2, 0.25) is 10.0 Å². The summed E-state index contributed by atoms with van der Waals surface area (Å²) >= 11 is 12.2. The van der Waals surface area contributed by atoms with Crippen LogP contribution in [0.5, 0.6) is 0 Å². The number of nitrogens with zero attached hydrogens (tertiary/aromatic N) is 2. The number of hydrogen-bond donors (Lipinski definition) is 1. The Labute approximate surface area is 194 Å². The van der Waals surface area contributed by atoms with Crippen LogP contribution in [0.15, 0.2) is 60.8 Å². The lowest BCUT2D eigenvalue weighted by Gasteiger charge is -2.24. The lowest BCUT2D eigenvalue weighted by Crippen LogP contribution is -2.33. The molecular formula is C25H27Cl2N3O. The Hall–Kier alpha value is -2.56. The van der Waals surface area contributed by atoms with Crippen molar-refractivity contribution in [1.29, 1.82) is 0 Å². The number of benzene rings is 2. The average molecular weight is 456 g/mol. The number of carbonyl (C=O) groups is 1. The first-order valence-corrected chi connectivity index (χ1v) is 10.9. The van der Waals surface area contributed by atoms with E-state index in [9.17, 15) is 4.79 Å². The van der Waals surface area contributed by atoms with E-state index in [2.05, 4.69) is 50.0 Å². The third kappa shape index (κ3) is 5.99. The highest BCUT2D eigenvalue weighted by atomic mass is 35.5. The summed E-state index contributed by atoms with van der Waals surface area (Å²) in [5.74, 6) is 0.0840. The lowest BCUT2D eigenvalue weighted by atomic mass is 9.87. The predicted molar refractivity (Wildman–Crippen MR) is 129 cm³/mol. The van der Waals surface area contributed by atoms with E-state index in [-0.39, 0.29) is 17.1 Å². The zero-order chi connectivity index (χ0) is 22.6. The first kappa shape index (κ1) is 23.1. The van der Waals surface area contributed by atoms with E-state index in [4.69, 9.17) is 28.9 Å². The maximum Gasteiger partial charge on any atom is 0.257 e. The normalized spacial score (nSPS) is 11.4. The smallest absolute Gasteiger partial charge is 0.257 e. The molecule has 2 N–H and O–H groups in total. The van der Waals surface area contributed by atoms with E-state index in [1.807, 2.05) is 12.1 Å². The van der Waals surface area contributed by atoms with Crippen LogP contribution < -0.4 is 5.73 Å². The molecule has 0 aliphatic rings. The quantitative estimate of drug-likeness (QED) is 0.484. The number of nitrogens with two attached hydrogens (primary N) is 1. The molecule has 6 heteroatoms. The third-order valence-electron chi connectivity index (χ3n) is 5.20. The molecular weight excluding hydrogens is 429 g/mol. The van der Waals surface area contributed by atoms with E-state index >= 15 is 0 Å². The van der Waals surface area contributed by atoms with Crippen molar-refractivity contribution in [1.82, 2.24) is 9.88 Å². The van der Waals surface area contributed by atoms with Crippen molar-refractivity contribution in [2.75, 3.05) is 12.3 Å². The molecule has 31 heavy (non-hydrogen) atoms. The van der Waals surface area contributed by atoms with Crippen molar-refractivity contribution in [2.24, 2.45) is 0 Å². The number of aromatic nitrogens is 1. The number of rotatable bonds is 6. The molecule has 0 bridgehead atoms. The van der Waals surface area contributed by atoms with Gasteiger partial charge in [-0.05, 0) is 52.8 Å². The molecule has 0 aliphatic heterocycles. The number of pyridine rings is 1. The Morgan fingerprint density at radius 2 is 1.68 bits per heavy atom. The summed E-state index contributed by atoms with van der Waals surface area (Å²) in [5, 5.41) is 1.02. The second-order valence-corrected chi connectivity index (χ2v) is 9.42. The topological polar surface area (TPSA) is 59.2 Å². The average Bonchev–Trinajstić information content (AvgIpc) is 2.73. The number of carbonyl (C=O) groups excluding carboxylic acids is 1. The van der Waals surface area contributed by atoms with Crippen molar-refractivity contribution in [3.8, 4) is 0 Å². The Balaban J connectivity index is 1.83. The summed E-state index contributed by atoms with van der Waals surface area (Å²) < 4.78 is 0. The van der Waals surface area contributed by atoms with Crippen LogP contribution in [0.25, 0.3) is 0 Å². The van der Waals surface area contributed by atoms with Gasteiger partial charge in [-0.15, -0.1) is 0 Å². The Morgan fingerprint density at radius 3 is 2.29 bits per heavy atom. The summed E-state index contributed by atoms with van der Waals surface area (Å²) in [5.41, 5.74) is 9.77. The van der Waals surface area contributed by atoms with Crippen LogP contribution >= 0.6 is 23.2 Å². The van der Waals surface area contributed by atoms with E-state index in [0.717, 1.165) is 11.1 Å². The molecule has 0 saturated carbocycles. The Kier molecular flexibility index (Phi) is 7.24. The maximum absolute atomic E-state index is 13.3. The summed E-state index contributed by atoms with van der Waals surface area (Å²) in [6.45, 7) is 7.52. The minimum Gasteiger partial charge on any atom is -0.383 e. The van der Waals surface area contributed by atoms with Gasteiger partial charge in [-0.25, -0.2) is 4.98 Å². The van der Waals surface area contributed by atoms with Crippen molar-refractivity contribution >= 4 is 34.9 Å². The fraction of sp³-hybridized carbons (Fsp3) is 0.280. The third-order valence-corrected chi connectivity index (χ3v) is 5.94. The minimum absolute atomic E-state index is 0.0754. The van der Waals surface area contributed by atoms with Crippen LogP contribution in [0.1, 0.15) is 47.8 Å². The van der Waals surface area contributed by atoms with Crippen LogP contribution in [-0.4, -0.2) is 22.3 Å². The van der Waals surface area contributed by atoms with Gasteiger partial charge in [-0.2, -0.15) is 0 Å². The predicted octanol–water partition coefficient (Wildman–Crippen LogP) is 6.15. The second-order valence-electron chi connectivity index (χ2n) is 8.61. The number of nitrogen functional groups attached to an aromatic ring is 1. The van der Waals surface area contributed by atoms with Gasteiger partial charge in [0.2, 0.25) is 0 Å². The molecule has 0 radical (unpaired) electrons. The lowest BCUT2D eigenvalue weighted by molar-refractivity contribution is 0.0746. The standard InChI is InChI=1S/C25H27Cl2N3O/c1-25(2,3)19-9-6-18(7-10-19)16-30(24(31)20-5-4-13-29-23(20)28)14-12-17-8-11-21(26)22(27)15-17/h4-11,13,15H,12,14,16H2,1-3H3,(H2,28,29). The molecule has 1 amide bonds. The zero-order valence-electron chi connectivity index (χ0n) is 18.0. The van der Waals surface area contributed by atoms with E-state index < -0.39 is 0 Å². The molecule has 0 unspecified atom stereocenters. The summed E-state index contributed by atoms with van der Waals surface area (Å²) in [6.07, 6.45) is 2.22. The van der Waals surface area contributed by atoms with Gasteiger partial charge in [0.15, 0.2) is 0 Å². The van der Waals surface area contributed by atoms with Crippen molar-refractivity contribution < 1.29 is 4.79 Å². The van der Waals surface area contributed by atoms with Crippen molar-refractivity contribution in [3.63, 3.8) is 0 Å². The highest BCUT2D eigenvalue weighted by Gasteiger charge is 2.20.